The summed E-state index contributed by atoms with van der Waals surface area (Å²) in [5.41, 5.74) is 1.15. The van der Waals surface area contributed by atoms with Crippen molar-refractivity contribution < 1.29 is 20.6 Å². The van der Waals surface area contributed by atoms with Gasteiger partial charge in [-0.05, 0) is 62.6 Å². The molecule has 0 amide bonds. The largest absolute Gasteiger partial charge is 0.492 e. The van der Waals surface area contributed by atoms with Gasteiger partial charge < -0.3 is 9.47 Å². The van der Waals surface area contributed by atoms with Gasteiger partial charge in [0.2, 0.25) is 10.0 Å². The van der Waals surface area contributed by atoms with Crippen molar-refractivity contribution in [1.29, 1.82) is 0 Å². The van der Waals surface area contributed by atoms with Crippen LogP contribution in [0.4, 0.5) is 0 Å². The molecule has 1 N–H and O–H groups in total. The van der Waals surface area contributed by atoms with E-state index in [1.807, 2.05) is 18.2 Å². The van der Waals surface area contributed by atoms with Crippen LogP contribution < -0.4 is 9.46 Å². The molecule has 6 nitrogen and oxygen atoms in total. The molecule has 2 fully saturated rings. The summed E-state index contributed by atoms with van der Waals surface area (Å²) in [6.07, 6.45) is 6.58. The number of benzene rings is 1. The fourth-order valence-corrected chi connectivity index (χ4v) is 5.61. The molecule has 1 aromatic carbocycles. The third kappa shape index (κ3) is 4.87. The van der Waals surface area contributed by atoms with E-state index in [0.717, 1.165) is 43.3 Å². The fraction of sp³-hybridized carbons (Fsp3) is 0.714. The van der Waals surface area contributed by atoms with E-state index in [0.29, 0.717) is 31.9 Å². The predicted octanol–water partition coefficient (Wildman–Crippen LogP) is 2.50. The van der Waals surface area contributed by atoms with Gasteiger partial charge in [0.25, 0.3) is 0 Å². The molecule has 28 heavy (non-hydrogen) atoms. The minimum atomic E-state index is -3.40. The van der Waals surface area contributed by atoms with Gasteiger partial charge in [-0.2, -0.15) is 0 Å². The minimum Gasteiger partial charge on any atom is -0.492 e. The average molecular weight is 411 g/mol. The molecule has 4 aliphatic rings. The number of para-hydroxylation sites is 1. The Morgan fingerprint density at radius 2 is 1.96 bits per heavy atom. The molecule has 1 saturated heterocycles. The lowest BCUT2D eigenvalue weighted by atomic mass is 9.82. The SMILES string of the molecule is [2H]C1([2H])COc2ccccc2C2CCC(CC2)OCC2[C@@H](NS(C)(=O)=O)CCCN21. The minimum absolute atomic E-state index is 0.109. The van der Waals surface area contributed by atoms with E-state index < -0.39 is 16.5 Å². The lowest BCUT2D eigenvalue weighted by molar-refractivity contribution is -0.0284. The molecule has 0 spiro atoms. The lowest BCUT2D eigenvalue weighted by Crippen LogP contribution is -2.58. The van der Waals surface area contributed by atoms with Crippen molar-refractivity contribution >= 4 is 10.0 Å². The summed E-state index contributed by atoms with van der Waals surface area (Å²) in [7, 11) is -3.40. The van der Waals surface area contributed by atoms with Crippen LogP contribution in [-0.2, 0) is 14.8 Å². The van der Waals surface area contributed by atoms with E-state index >= 15 is 0 Å². The van der Waals surface area contributed by atoms with Gasteiger partial charge in [-0.15, -0.1) is 0 Å². The number of ether oxygens (including phenoxy) is 2. The summed E-state index contributed by atoms with van der Waals surface area (Å²) >= 11 is 0. The second-order valence-electron chi connectivity index (χ2n) is 8.19. The molecule has 1 aromatic rings. The smallest absolute Gasteiger partial charge is 0.209 e. The van der Waals surface area contributed by atoms with Crippen molar-refractivity contribution in [2.75, 3.05) is 32.5 Å². The van der Waals surface area contributed by atoms with Crippen molar-refractivity contribution in [2.45, 2.75) is 62.6 Å². The third-order valence-electron chi connectivity index (χ3n) is 6.18. The molecule has 156 valence electrons. The molecule has 1 saturated carbocycles. The molecule has 3 aliphatic heterocycles. The summed E-state index contributed by atoms with van der Waals surface area (Å²) in [5.74, 6) is 1.15. The predicted molar refractivity (Wildman–Crippen MR) is 109 cm³/mol. The van der Waals surface area contributed by atoms with E-state index in [-0.39, 0.29) is 24.8 Å². The average Bonchev–Trinajstić information content (AvgIpc) is 2.71. The molecule has 3 heterocycles. The van der Waals surface area contributed by atoms with Gasteiger partial charge in [0, 0.05) is 21.3 Å². The molecule has 1 aliphatic carbocycles. The summed E-state index contributed by atoms with van der Waals surface area (Å²) in [6, 6.07) is 7.20. The van der Waals surface area contributed by atoms with E-state index in [2.05, 4.69) is 10.8 Å². The van der Waals surface area contributed by atoms with Gasteiger partial charge >= 0.3 is 0 Å². The summed E-state index contributed by atoms with van der Waals surface area (Å²) in [4.78, 5) is 1.74. The molecular weight excluding hydrogens is 376 g/mol. The Bertz CT molecular complexity index is 843. The van der Waals surface area contributed by atoms with Gasteiger partial charge in [-0.1, -0.05) is 18.2 Å². The monoisotopic (exact) mass is 410 g/mol. The number of piperidine rings is 1. The molecule has 2 bridgehead atoms. The second-order valence-corrected chi connectivity index (χ2v) is 9.97. The Morgan fingerprint density at radius 1 is 1.18 bits per heavy atom. The van der Waals surface area contributed by atoms with Crippen LogP contribution >= 0.6 is 0 Å². The van der Waals surface area contributed by atoms with Crippen LogP contribution in [0.3, 0.4) is 0 Å². The molecule has 7 heteroatoms. The maximum absolute atomic E-state index is 11.9. The van der Waals surface area contributed by atoms with E-state index in [4.69, 9.17) is 12.2 Å². The first-order valence-electron chi connectivity index (χ1n) is 11.3. The molecule has 5 rings (SSSR count). The summed E-state index contributed by atoms with van der Waals surface area (Å²) < 4.78 is 56.4. The van der Waals surface area contributed by atoms with Crippen LogP contribution in [0.15, 0.2) is 24.3 Å². The Hall–Kier alpha value is -1.15. The zero-order valence-electron chi connectivity index (χ0n) is 18.5. The Morgan fingerprint density at radius 3 is 2.75 bits per heavy atom. The van der Waals surface area contributed by atoms with E-state index in [1.165, 1.54) is 0 Å². The highest BCUT2D eigenvalue weighted by molar-refractivity contribution is 7.88. The highest BCUT2D eigenvalue weighted by atomic mass is 32.2. The maximum Gasteiger partial charge on any atom is 0.209 e. The summed E-state index contributed by atoms with van der Waals surface area (Å²) in [6.45, 7) is -0.995. The number of rotatable bonds is 2. The van der Waals surface area contributed by atoms with Gasteiger partial charge in [-0.25, -0.2) is 13.1 Å². The van der Waals surface area contributed by atoms with Crippen molar-refractivity contribution in [2.24, 2.45) is 0 Å². The fourth-order valence-electron chi connectivity index (χ4n) is 4.79. The Kier molecular flexibility index (Phi) is 5.49. The zero-order valence-corrected chi connectivity index (χ0v) is 17.3. The Labute approximate surface area is 171 Å². The zero-order chi connectivity index (χ0) is 21.4. The van der Waals surface area contributed by atoms with Gasteiger partial charge in [0.15, 0.2) is 0 Å². The van der Waals surface area contributed by atoms with E-state index in [9.17, 15) is 8.42 Å². The molecule has 0 aromatic heterocycles. The molecule has 0 radical (unpaired) electrons. The highest BCUT2D eigenvalue weighted by Gasteiger charge is 2.35. The Balaban J connectivity index is 1.65. The number of fused-ring (bicyclic) bond motifs is 5. The first kappa shape index (κ1) is 17.7. The van der Waals surface area contributed by atoms with Gasteiger partial charge in [-0.3, -0.25) is 4.90 Å². The number of hydrogen-bond acceptors (Lipinski definition) is 5. The molecule has 1 unspecified atom stereocenters. The lowest BCUT2D eigenvalue weighted by Gasteiger charge is -2.41. The number of nitrogens with one attached hydrogen (secondary N) is 1. The third-order valence-corrected chi connectivity index (χ3v) is 6.91. The molecular formula is C21H32N2O4S. The van der Waals surface area contributed by atoms with Gasteiger partial charge in [0.1, 0.15) is 12.4 Å². The molecule has 2 atom stereocenters. The maximum atomic E-state index is 11.9. The van der Waals surface area contributed by atoms with Crippen LogP contribution in [0.1, 0.15) is 52.7 Å². The second kappa shape index (κ2) is 8.69. The van der Waals surface area contributed by atoms with Crippen LogP contribution in [0, 0.1) is 0 Å². The first-order chi connectivity index (χ1) is 14.2. The van der Waals surface area contributed by atoms with Crippen molar-refractivity contribution in [1.82, 2.24) is 9.62 Å². The summed E-state index contributed by atoms with van der Waals surface area (Å²) in [5, 5.41) is 0. The van der Waals surface area contributed by atoms with Crippen LogP contribution in [0.5, 0.6) is 5.75 Å². The normalized spacial score (nSPS) is 35.0. The van der Waals surface area contributed by atoms with E-state index in [1.54, 1.807) is 4.90 Å². The van der Waals surface area contributed by atoms with Gasteiger partial charge in [0.05, 0.1) is 19.0 Å². The van der Waals surface area contributed by atoms with Crippen LogP contribution in [0.2, 0.25) is 0 Å². The topological polar surface area (TPSA) is 67.9 Å². The van der Waals surface area contributed by atoms with Crippen LogP contribution in [-0.4, -0.2) is 64.0 Å². The quantitative estimate of drug-likeness (QED) is 0.811. The standard InChI is InChI=1S/C21H32N2O4S/c1-28(24,25)22-19-6-4-12-23-13-14-26-21-7-3-2-5-18(21)16-8-10-17(11-9-16)27-15-20(19)23/h2-3,5,7,16-17,19-20,22H,4,6,8-15H2,1H3/t16?,17?,19-,20?/m0/s1/i13D2. The van der Waals surface area contributed by atoms with Crippen molar-refractivity contribution in [3.05, 3.63) is 29.8 Å². The number of sulfonamides is 1. The van der Waals surface area contributed by atoms with Crippen molar-refractivity contribution in [3.63, 3.8) is 0 Å². The number of hydrogen-bond donors (Lipinski definition) is 1. The number of nitrogens with zero attached hydrogens (tertiary/aromatic N) is 1. The highest BCUT2D eigenvalue weighted by Crippen LogP contribution is 2.38. The van der Waals surface area contributed by atoms with Crippen molar-refractivity contribution in [3.8, 4) is 5.75 Å². The first-order valence-corrected chi connectivity index (χ1v) is 12.2. The van der Waals surface area contributed by atoms with Crippen LogP contribution in [0.25, 0.3) is 0 Å².